The molecule has 0 spiro atoms. The molecule has 0 fully saturated rings. The van der Waals surface area contributed by atoms with Gasteiger partial charge >= 0.3 is 0 Å². The fourth-order valence-corrected chi connectivity index (χ4v) is 15.3. The Bertz CT molecular complexity index is 6170. The Morgan fingerprint density at radius 1 is 0.469 bits per heavy atom. The zero-order chi connectivity index (χ0) is 64.5. The van der Waals surface area contributed by atoms with Crippen LogP contribution in [0.4, 0.5) is 5.69 Å². The van der Waals surface area contributed by atoms with Gasteiger partial charge in [-0.05, 0) is 78.4 Å². The first kappa shape index (κ1) is 35.5. The molecule has 17 rings (SSSR count). The molecule has 0 saturated carbocycles. The van der Waals surface area contributed by atoms with Crippen molar-refractivity contribution in [3.63, 3.8) is 0 Å². The SMILES string of the molecule is [2H]c1c([2H])c([2H])c2c(sc3c2c([2H])c([2H])c2c4c([2H])c(C([2H])([2H])[2H])c([2H])c([2H])c4n(-c4c(C#N)c(-n5c6ccccc6c6ccccc65)c(-n5c6ccc(C(C)(C)C)cc6c6ccc7c8ccccc8sc7c65)c(-n5c6ccccc6c6ccccc65)c4[N+]#[C-])c32)c1[2H]. The highest BCUT2D eigenvalue weighted by Crippen LogP contribution is 2.54. The lowest BCUT2D eigenvalue weighted by Crippen LogP contribution is -2.15. The summed E-state index contributed by atoms with van der Waals surface area (Å²) in [4.78, 5) is 4.69. The van der Waals surface area contributed by atoms with E-state index in [0.29, 0.717) is 27.8 Å². The van der Waals surface area contributed by atoms with Crippen molar-refractivity contribution in [2.45, 2.75) is 33.0 Å². The molecule has 0 N–H and O–H groups in total. The van der Waals surface area contributed by atoms with Crippen LogP contribution in [0, 0.1) is 24.8 Å². The number of hydrogen-bond acceptors (Lipinski definition) is 3. The first-order valence-electron chi connectivity index (χ1n) is 32.5. The minimum Gasteiger partial charge on any atom is -0.317 e. The Labute approximate surface area is 489 Å². The molecule has 17 aromatic rings. The maximum Gasteiger partial charge on any atom is 0.237 e. The number of rotatable bonds is 4. The van der Waals surface area contributed by atoms with Crippen LogP contribution in [0.5, 0.6) is 0 Å². The number of thiophene rings is 2. The van der Waals surface area contributed by atoms with Gasteiger partial charge in [0.15, 0.2) is 0 Å². The highest BCUT2D eigenvalue weighted by atomic mass is 32.1. The fraction of sp³-hybridized carbons (Fsp3) is 0.0685. The highest BCUT2D eigenvalue weighted by Gasteiger charge is 2.36. The number of nitriles is 1. The van der Waals surface area contributed by atoms with Crippen LogP contribution in [0.25, 0.3) is 155 Å². The van der Waals surface area contributed by atoms with Gasteiger partial charge in [0.25, 0.3) is 0 Å². The van der Waals surface area contributed by atoms with Crippen molar-refractivity contribution in [2.24, 2.45) is 0 Å². The summed E-state index contributed by atoms with van der Waals surface area (Å²) in [5.41, 5.74) is 4.26. The van der Waals surface area contributed by atoms with Gasteiger partial charge in [0.2, 0.25) is 5.69 Å². The summed E-state index contributed by atoms with van der Waals surface area (Å²) < 4.78 is 123. The largest absolute Gasteiger partial charge is 0.317 e. The fourth-order valence-electron chi connectivity index (χ4n) is 12.9. The standard InChI is InChI=1S/C73H46N6S2/c1-41-30-36-60-53(38-41)49-32-34-51-47-22-10-16-28-62(47)80-71(51)67(49)78(60)65-55(40-74)66(76-56-24-12-6-18-43(56)44-19-7-13-25-57(44)76)70(69(64(65)75-5)77-58-26-14-8-20-45(58)46-21-9-15-27-59(46)77)79-61-37-31-42(73(2,3)4)39-54(61)50-33-35-52-48-23-11-17-29-63(48)81-72(52)68(50)79/h6-39H,1-4H3/i1D3,10D,16D,22D,28D,30D,32D,34D,36D,38D. The number of fused-ring (bicyclic) bond motifs is 20. The summed E-state index contributed by atoms with van der Waals surface area (Å²) in [6, 6.07) is 47.8. The van der Waals surface area contributed by atoms with Crippen molar-refractivity contribution < 1.29 is 16.4 Å². The molecule has 6 aromatic heterocycles. The van der Waals surface area contributed by atoms with E-state index in [0.717, 1.165) is 80.4 Å². The van der Waals surface area contributed by atoms with Gasteiger partial charge in [0, 0.05) is 78.1 Å². The van der Waals surface area contributed by atoms with Crippen molar-refractivity contribution in [1.29, 1.82) is 5.26 Å². The number of hydrogen-bond donors (Lipinski definition) is 0. The summed E-state index contributed by atoms with van der Waals surface area (Å²) in [6.07, 6.45) is 0. The van der Waals surface area contributed by atoms with Gasteiger partial charge in [-0.15, -0.1) is 22.7 Å². The van der Waals surface area contributed by atoms with Crippen LogP contribution in [0.2, 0.25) is 0 Å². The van der Waals surface area contributed by atoms with Gasteiger partial charge in [-0.3, -0.25) is 0 Å². The van der Waals surface area contributed by atoms with E-state index in [2.05, 4.69) is 78.7 Å². The summed E-state index contributed by atoms with van der Waals surface area (Å²) in [5.74, 6) is 0. The van der Waals surface area contributed by atoms with Crippen LogP contribution < -0.4 is 0 Å². The summed E-state index contributed by atoms with van der Waals surface area (Å²) in [5, 5.41) is 19.6. The van der Waals surface area contributed by atoms with Gasteiger partial charge in [-0.25, -0.2) is 4.85 Å². The van der Waals surface area contributed by atoms with Crippen LogP contribution in [-0.4, -0.2) is 18.3 Å². The Kier molecular flexibility index (Phi) is 7.26. The monoisotopic (exact) mass is 1080 g/mol. The molecular weight excluding hydrogens is 1020 g/mol. The van der Waals surface area contributed by atoms with Crippen molar-refractivity contribution in [3.8, 4) is 28.8 Å². The molecule has 81 heavy (non-hydrogen) atoms. The van der Waals surface area contributed by atoms with E-state index in [4.69, 9.17) is 6.85 Å². The number of nitrogens with zero attached hydrogens (tertiary/aromatic N) is 6. The highest BCUT2D eigenvalue weighted by molar-refractivity contribution is 7.27. The molecule has 8 heteroatoms. The molecule has 0 saturated heterocycles. The van der Waals surface area contributed by atoms with E-state index in [9.17, 15) is 21.4 Å². The number of aromatic nitrogens is 4. The average molecular weight is 1080 g/mol. The molecule has 11 aromatic carbocycles. The summed E-state index contributed by atoms with van der Waals surface area (Å²) >= 11 is 2.53. The first-order valence-corrected chi connectivity index (χ1v) is 28.1. The van der Waals surface area contributed by atoms with Crippen LogP contribution >= 0.6 is 22.7 Å². The molecule has 0 unspecified atom stereocenters. The quantitative estimate of drug-likeness (QED) is 0.162. The predicted octanol–water partition coefficient (Wildman–Crippen LogP) is 20.8. The maximum atomic E-state index is 13.1. The van der Waals surface area contributed by atoms with Crippen LogP contribution in [-0.2, 0) is 5.41 Å². The van der Waals surface area contributed by atoms with E-state index in [1.54, 1.807) is 11.3 Å². The maximum absolute atomic E-state index is 13.1. The average Bonchev–Trinajstić information content (AvgIpc) is 1.54. The van der Waals surface area contributed by atoms with Crippen molar-refractivity contribution in [1.82, 2.24) is 18.3 Å². The molecule has 0 amide bonds. The third-order valence-corrected chi connectivity index (χ3v) is 18.7. The second-order valence-corrected chi connectivity index (χ2v) is 23.7. The molecular formula is C73H46N6S2. The minimum atomic E-state index is -3.15. The topological polar surface area (TPSA) is 47.9 Å². The second-order valence-electron chi connectivity index (χ2n) is 21.6. The van der Waals surface area contributed by atoms with Gasteiger partial charge in [0.05, 0.1) is 101 Å². The van der Waals surface area contributed by atoms with Crippen LogP contribution in [0.3, 0.4) is 0 Å². The van der Waals surface area contributed by atoms with Gasteiger partial charge in [-0.1, -0.05) is 172 Å². The molecule has 0 radical (unpaired) electrons. The lowest BCUT2D eigenvalue weighted by Gasteiger charge is -2.27. The van der Waals surface area contributed by atoms with Crippen molar-refractivity contribution in [2.75, 3.05) is 0 Å². The normalized spacial score (nSPS) is 14.7. The zero-order valence-corrected chi connectivity index (χ0v) is 45.1. The summed E-state index contributed by atoms with van der Waals surface area (Å²) in [7, 11) is 0. The summed E-state index contributed by atoms with van der Waals surface area (Å²) in [6.45, 7) is 13.5. The van der Waals surface area contributed by atoms with Crippen LogP contribution in [0.1, 0.15) is 53.9 Å². The van der Waals surface area contributed by atoms with E-state index in [1.165, 1.54) is 4.57 Å². The Morgan fingerprint density at radius 2 is 1.02 bits per heavy atom. The Balaban J connectivity index is 1.24. The lowest BCUT2D eigenvalue weighted by molar-refractivity contribution is 0.591. The van der Waals surface area contributed by atoms with Crippen molar-refractivity contribution >= 4 is 156 Å². The first-order chi connectivity index (χ1) is 44.7. The molecule has 6 nitrogen and oxygen atoms in total. The third kappa shape index (κ3) is 6.13. The van der Waals surface area contributed by atoms with Gasteiger partial charge in [0.1, 0.15) is 6.07 Å². The zero-order valence-electron chi connectivity index (χ0n) is 55.4. The van der Waals surface area contributed by atoms with Gasteiger partial charge in [-0.2, -0.15) is 5.26 Å². The lowest BCUT2D eigenvalue weighted by atomic mass is 9.86. The molecule has 380 valence electrons. The van der Waals surface area contributed by atoms with E-state index < -0.39 is 66.8 Å². The molecule has 0 bridgehead atoms. The van der Waals surface area contributed by atoms with E-state index >= 15 is 0 Å². The third-order valence-electron chi connectivity index (χ3n) is 16.4. The predicted molar refractivity (Wildman–Crippen MR) is 344 cm³/mol. The minimum absolute atomic E-state index is 0.0292. The number of para-hydroxylation sites is 4. The van der Waals surface area contributed by atoms with Crippen LogP contribution in [0.15, 0.2) is 206 Å². The van der Waals surface area contributed by atoms with Gasteiger partial charge < -0.3 is 18.3 Å². The molecule has 0 aliphatic rings. The van der Waals surface area contributed by atoms with E-state index in [1.807, 2.05) is 118 Å². The molecule has 0 atom stereocenters. The molecule has 6 heterocycles. The van der Waals surface area contributed by atoms with E-state index in [-0.39, 0.29) is 75.7 Å². The number of benzene rings is 11. The Hall–Kier alpha value is -9.96. The second kappa shape index (κ2) is 16.5. The smallest absolute Gasteiger partial charge is 0.237 e. The molecule has 0 aliphatic carbocycles. The van der Waals surface area contributed by atoms with Crippen molar-refractivity contribution in [3.05, 3.63) is 234 Å². The molecule has 0 aliphatic heterocycles. The Morgan fingerprint density at radius 3 is 1.68 bits per heavy atom.